The molecule has 5 nitrogen and oxygen atoms in total. The molecule has 84 valence electrons. The van der Waals surface area contributed by atoms with Gasteiger partial charge in [-0.15, -0.1) is 0 Å². The van der Waals surface area contributed by atoms with E-state index < -0.39 is 21.4 Å². The second-order valence-electron chi connectivity index (χ2n) is 3.12. The highest BCUT2D eigenvalue weighted by Gasteiger charge is 2.27. The van der Waals surface area contributed by atoms with Crippen molar-refractivity contribution in [3.8, 4) is 0 Å². The summed E-state index contributed by atoms with van der Waals surface area (Å²) in [6, 6.07) is 4.58. The molecule has 0 spiro atoms. The van der Waals surface area contributed by atoms with Crippen molar-refractivity contribution in [2.24, 2.45) is 5.14 Å². The van der Waals surface area contributed by atoms with Gasteiger partial charge in [-0.25, -0.2) is 18.5 Å². The second kappa shape index (κ2) is 4.44. The molecule has 1 aromatic heterocycles. The number of halogens is 1. The Morgan fingerprint density at radius 2 is 2.13 bits per heavy atom. The molecule has 0 radical (unpaired) electrons. The number of hydrogen-bond acceptors (Lipinski definition) is 4. The van der Waals surface area contributed by atoms with Crippen molar-refractivity contribution >= 4 is 21.6 Å². The van der Waals surface area contributed by atoms with Gasteiger partial charge in [0.15, 0.2) is 0 Å². The van der Waals surface area contributed by atoms with E-state index in [-0.39, 0.29) is 10.8 Å². The molecule has 1 aromatic rings. The molecule has 0 saturated heterocycles. The summed E-state index contributed by atoms with van der Waals surface area (Å²) < 4.78 is 22.0. The molecule has 0 unspecified atom stereocenters. The summed E-state index contributed by atoms with van der Waals surface area (Å²) in [5.41, 5.74) is 0.184. The van der Waals surface area contributed by atoms with Gasteiger partial charge in [0.05, 0.1) is 5.69 Å². The van der Waals surface area contributed by atoms with Crippen LogP contribution in [0.5, 0.6) is 0 Å². The van der Waals surface area contributed by atoms with Gasteiger partial charge in [0.25, 0.3) is 0 Å². The van der Waals surface area contributed by atoms with E-state index in [4.69, 9.17) is 16.7 Å². The van der Waals surface area contributed by atoms with Crippen LogP contribution in [0, 0.1) is 0 Å². The zero-order chi connectivity index (χ0) is 11.6. The van der Waals surface area contributed by atoms with Crippen LogP contribution in [0.25, 0.3) is 0 Å². The summed E-state index contributed by atoms with van der Waals surface area (Å²) in [5.74, 6) is 0. The highest BCUT2D eigenvalue weighted by molar-refractivity contribution is 7.89. The van der Waals surface area contributed by atoms with Crippen molar-refractivity contribution in [2.75, 3.05) is 0 Å². The van der Waals surface area contributed by atoms with E-state index in [1.165, 1.54) is 19.1 Å². The van der Waals surface area contributed by atoms with Crippen LogP contribution in [0.15, 0.2) is 18.2 Å². The third-order valence-electron chi connectivity index (χ3n) is 2.00. The Morgan fingerprint density at radius 3 is 2.60 bits per heavy atom. The first-order valence-corrected chi connectivity index (χ1v) is 6.13. The fourth-order valence-corrected chi connectivity index (χ4v) is 1.68. The number of aromatic nitrogens is 1. The van der Waals surface area contributed by atoms with Crippen LogP contribution in [-0.2, 0) is 10.0 Å². The molecule has 15 heavy (non-hydrogen) atoms. The number of primary sulfonamides is 1. The average Bonchev–Trinajstić information content (AvgIpc) is 2.14. The number of pyridine rings is 1. The van der Waals surface area contributed by atoms with Crippen LogP contribution >= 0.6 is 11.6 Å². The maximum absolute atomic E-state index is 11.0. The number of aliphatic hydroxyl groups excluding tert-OH is 1. The molecule has 3 N–H and O–H groups in total. The lowest BCUT2D eigenvalue weighted by Gasteiger charge is -2.16. The third-order valence-corrected chi connectivity index (χ3v) is 3.51. The molecule has 2 atom stereocenters. The molecule has 0 aliphatic heterocycles. The van der Waals surface area contributed by atoms with E-state index in [1.807, 2.05) is 0 Å². The summed E-state index contributed by atoms with van der Waals surface area (Å²) in [4.78, 5) is 3.80. The minimum atomic E-state index is -3.80. The second-order valence-corrected chi connectivity index (χ2v) is 5.43. The topological polar surface area (TPSA) is 93.3 Å². The zero-order valence-corrected chi connectivity index (χ0v) is 9.53. The Balaban J connectivity index is 3.00. The van der Waals surface area contributed by atoms with Crippen LogP contribution in [-0.4, -0.2) is 23.8 Å². The molecule has 1 rings (SSSR count). The summed E-state index contributed by atoms with van der Waals surface area (Å²) in [7, 11) is -3.80. The minimum absolute atomic E-state index is 0.184. The van der Waals surface area contributed by atoms with Gasteiger partial charge in [-0.05, 0) is 19.1 Å². The monoisotopic (exact) mass is 250 g/mol. The lowest BCUT2D eigenvalue weighted by molar-refractivity contribution is 0.171. The van der Waals surface area contributed by atoms with Gasteiger partial charge in [-0.1, -0.05) is 17.7 Å². The first-order chi connectivity index (χ1) is 6.82. The molecule has 0 amide bonds. The summed E-state index contributed by atoms with van der Waals surface area (Å²) >= 11 is 5.60. The van der Waals surface area contributed by atoms with Crippen LogP contribution in [0.1, 0.15) is 18.7 Å². The van der Waals surface area contributed by atoms with Gasteiger partial charge in [0.1, 0.15) is 16.5 Å². The molecular weight excluding hydrogens is 240 g/mol. The number of nitrogens with two attached hydrogens (primary N) is 1. The van der Waals surface area contributed by atoms with Gasteiger partial charge in [-0.3, -0.25) is 0 Å². The largest absolute Gasteiger partial charge is 0.385 e. The van der Waals surface area contributed by atoms with Crippen molar-refractivity contribution in [1.29, 1.82) is 0 Å². The molecule has 7 heteroatoms. The van der Waals surface area contributed by atoms with Gasteiger partial charge >= 0.3 is 0 Å². The summed E-state index contributed by atoms with van der Waals surface area (Å²) in [6.45, 7) is 1.31. The van der Waals surface area contributed by atoms with Gasteiger partial charge in [0, 0.05) is 0 Å². The zero-order valence-electron chi connectivity index (χ0n) is 7.96. The van der Waals surface area contributed by atoms with Crippen molar-refractivity contribution in [3.05, 3.63) is 29.0 Å². The van der Waals surface area contributed by atoms with Crippen molar-refractivity contribution in [1.82, 2.24) is 4.98 Å². The van der Waals surface area contributed by atoms with Gasteiger partial charge in [0.2, 0.25) is 10.0 Å². The maximum Gasteiger partial charge on any atom is 0.214 e. The smallest absolute Gasteiger partial charge is 0.214 e. The molecule has 0 aromatic carbocycles. The molecule has 1 heterocycles. The Kier molecular flexibility index (Phi) is 3.67. The number of hydrogen-bond donors (Lipinski definition) is 2. The van der Waals surface area contributed by atoms with Crippen LogP contribution in [0.2, 0.25) is 5.15 Å². The lowest BCUT2D eigenvalue weighted by atomic mass is 10.2. The Morgan fingerprint density at radius 1 is 1.53 bits per heavy atom. The molecule has 0 saturated carbocycles. The maximum atomic E-state index is 11.0. The first-order valence-electron chi connectivity index (χ1n) is 4.14. The minimum Gasteiger partial charge on any atom is -0.385 e. The van der Waals surface area contributed by atoms with E-state index in [9.17, 15) is 13.5 Å². The third kappa shape index (κ3) is 3.13. The first kappa shape index (κ1) is 12.4. The Bertz CT molecular complexity index is 449. The highest BCUT2D eigenvalue weighted by atomic mass is 35.5. The van der Waals surface area contributed by atoms with Gasteiger partial charge < -0.3 is 5.11 Å². The van der Waals surface area contributed by atoms with E-state index in [0.29, 0.717) is 0 Å². The quantitative estimate of drug-likeness (QED) is 0.762. The fraction of sp³-hybridized carbons (Fsp3) is 0.375. The van der Waals surface area contributed by atoms with E-state index in [2.05, 4.69) is 4.98 Å². The van der Waals surface area contributed by atoms with Crippen molar-refractivity contribution in [3.63, 3.8) is 0 Å². The van der Waals surface area contributed by atoms with Crippen molar-refractivity contribution in [2.45, 2.75) is 18.3 Å². The SMILES string of the molecule is C[C@H]([C@@H](O)c1cccc(Cl)n1)S(N)(=O)=O. The van der Waals surface area contributed by atoms with Crippen molar-refractivity contribution < 1.29 is 13.5 Å². The molecule has 0 fully saturated rings. The number of rotatable bonds is 3. The molecule has 0 aliphatic rings. The average molecular weight is 251 g/mol. The van der Waals surface area contributed by atoms with E-state index >= 15 is 0 Å². The molecular formula is C8H11ClN2O3S. The van der Waals surface area contributed by atoms with E-state index in [0.717, 1.165) is 0 Å². The Labute approximate surface area is 92.9 Å². The molecule has 0 aliphatic carbocycles. The normalized spacial score (nSPS) is 16.0. The van der Waals surface area contributed by atoms with Gasteiger partial charge in [-0.2, -0.15) is 0 Å². The predicted octanol–water partition coefficient (Wildman–Crippen LogP) is 0.445. The summed E-state index contributed by atoms with van der Waals surface area (Å²) in [5, 5.41) is 13.6. The van der Waals surface area contributed by atoms with Crippen LogP contribution in [0.3, 0.4) is 0 Å². The predicted molar refractivity (Wildman–Crippen MR) is 56.8 cm³/mol. The summed E-state index contributed by atoms with van der Waals surface area (Å²) in [6.07, 6.45) is -1.28. The molecule has 0 bridgehead atoms. The van der Waals surface area contributed by atoms with Crippen LogP contribution < -0.4 is 5.14 Å². The fourth-order valence-electron chi connectivity index (χ4n) is 1.01. The number of sulfonamides is 1. The highest BCUT2D eigenvalue weighted by Crippen LogP contribution is 2.19. The lowest BCUT2D eigenvalue weighted by Crippen LogP contribution is -2.31. The van der Waals surface area contributed by atoms with E-state index in [1.54, 1.807) is 6.07 Å². The number of aliphatic hydroxyl groups is 1. The number of nitrogens with zero attached hydrogens (tertiary/aromatic N) is 1. The standard InChI is InChI=1S/C8H11ClN2O3S/c1-5(15(10,13)14)8(12)6-3-2-4-7(9)11-6/h2-5,8,12H,1H3,(H2,10,13,14)/t5-,8-/m1/s1. The van der Waals surface area contributed by atoms with Crippen LogP contribution in [0.4, 0.5) is 0 Å². The Hall–Kier alpha value is -0.690.